The molecule has 20 heavy (non-hydrogen) atoms. The lowest BCUT2D eigenvalue weighted by Gasteiger charge is -2.07. The average molecular weight is 364 g/mol. The summed E-state index contributed by atoms with van der Waals surface area (Å²) in [6.07, 6.45) is -4.41. The Morgan fingerprint density at radius 1 is 1.00 bits per heavy atom. The summed E-state index contributed by atoms with van der Waals surface area (Å²) in [5.41, 5.74) is -0.250. The molecule has 0 N–H and O–H groups in total. The van der Waals surface area contributed by atoms with Crippen molar-refractivity contribution in [3.63, 3.8) is 0 Å². The van der Waals surface area contributed by atoms with E-state index in [0.717, 1.165) is 24.3 Å². The quantitative estimate of drug-likeness (QED) is 0.657. The Hall–Kier alpha value is -1.33. The van der Waals surface area contributed by atoms with Gasteiger partial charge in [-0.1, -0.05) is 23.7 Å². The van der Waals surface area contributed by atoms with Gasteiger partial charge in [0.05, 0.1) is 10.6 Å². The highest BCUT2D eigenvalue weighted by molar-refractivity contribution is 9.10. The second-order valence-electron chi connectivity index (χ2n) is 4.03. The molecule has 0 bridgehead atoms. The van der Waals surface area contributed by atoms with Crippen molar-refractivity contribution >= 4 is 33.3 Å². The SMILES string of the molecule is O=C(c1ccc(C(F)(F)F)cc1)c1ccc(Cl)c(Br)c1. The first-order chi connectivity index (χ1) is 9.29. The molecule has 2 aromatic carbocycles. The Morgan fingerprint density at radius 3 is 2.05 bits per heavy atom. The van der Waals surface area contributed by atoms with Gasteiger partial charge in [-0.25, -0.2) is 0 Å². The van der Waals surface area contributed by atoms with Gasteiger partial charge in [0.1, 0.15) is 0 Å². The molecule has 0 spiro atoms. The molecule has 0 amide bonds. The van der Waals surface area contributed by atoms with Crippen molar-refractivity contribution in [1.82, 2.24) is 0 Å². The Morgan fingerprint density at radius 2 is 1.55 bits per heavy atom. The Kier molecular flexibility index (Phi) is 4.20. The fraction of sp³-hybridized carbons (Fsp3) is 0.0714. The highest BCUT2D eigenvalue weighted by Gasteiger charge is 2.30. The third-order valence-corrected chi connectivity index (χ3v) is 3.87. The predicted octanol–water partition coefficient (Wildman–Crippen LogP) is 5.35. The van der Waals surface area contributed by atoms with Crippen molar-refractivity contribution in [2.45, 2.75) is 6.18 Å². The maximum atomic E-state index is 12.4. The highest BCUT2D eigenvalue weighted by atomic mass is 79.9. The number of hydrogen-bond donors (Lipinski definition) is 0. The topological polar surface area (TPSA) is 17.1 Å². The number of hydrogen-bond acceptors (Lipinski definition) is 1. The van der Waals surface area contributed by atoms with Crippen LogP contribution in [0.1, 0.15) is 21.5 Å². The molecule has 0 aliphatic heterocycles. The minimum absolute atomic E-state index is 0.187. The van der Waals surface area contributed by atoms with Gasteiger partial charge in [-0.3, -0.25) is 4.79 Å². The molecule has 0 unspecified atom stereocenters. The van der Waals surface area contributed by atoms with E-state index in [9.17, 15) is 18.0 Å². The summed E-state index contributed by atoms with van der Waals surface area (Å²) in [4.78, 5) is 12.1. The van der Waals surface area contributed by atoms with E-state index in [1.54, 1.807) is 6.07 Å². The molecule has 0 fully saturated rings. The Bertz CT molecular complexity index is 650. The normalized spacial score (nSPS) is 11.4. The summed E-state index contributed by atoms with van der Waals surface area (Å²) in [6.45, 7) is 0. The van der Waals surface area contributed by atoms with Crippen LogP contribution in [0.2, 0.25) is 5.02 Å². The Balaban J connectivity index is 2.31. The first-order valence-electron chi connectivity index (χ1n) is 5.46. The maximum absolute atomic E-state index is 12.4. The molecule has 0 heterocycles. The van der Waals surface area contributed by atoms with Crippen LogP contribution in [-0.4, -0.2) is 5.78 Å². The van der Waals surface area contributed by atoms with Crippen LogP contribution in [0, 0.1) is 0 Å². The lowest BCUT2D eigenvalue weighted by molar-refractivity contribution is -0.137. The van der Waals surface area contributed by atoms with E-state index in [4.69, 9.17) is 11.6 Å². The number of rotatable bonds is 2. The number of alkyl halides is 3. The van der Waals surface area contributed by atoms with E-state index in [2.05, 4.69) is 15.9 Å². The molecule has 2 aromatic rings. The maximum Gasteiger partial charge on any atom is 0.416 e. The van der Waals surface area contributed by atoms with Gasteiger partial charge in [-0.15, -0.1) is 0 Å². The lowest BCUT2D eigenvalue weighted by atomic mass is 10.0. The predicted molar refractivity (Wildman–Crippen MR) is 74.0 cm³/mol. The van der Waals surface area contributed by atoms with E-state index in [-0.39, 0.29) is 11.3 Å². The molecule has 6 heteroatoms. The second-order valence-corrected chi connectivity index (χ2v) is 5.29. The van der Waals surface area contributed by atoms with Crippen molar-refractivity contribution in [3.8, 4) is 0 Å². The fourth-order valence-corrected chi connectivity index (χ4v) is 2.11. The van der Waals surface area contributed by atoms with Gasteiger partial charge >= 0.3 is 6.18 Å². The largest absolute Gasteiger partial charge is 0.416 e. The lowest BCUT2D eigenvalue weighted by Crippen LogP contribution is -2.06. The molecule has 0 aromatic heterocycles. The summed E-state index contributed by atoms with van der Waals surface area (Å²) < 4.78 is 37.9. The molecule has 1 nitrogen and oxygen atoms in total. The van der Waals surface area contributed by atoms with Gasteiger partial charge < -0.3 is 0 Å². The van der Waals surface area contributed by atoms with Crippen LogP contribution in [-0.2, 0) is 6.18 Å². The van der Waals surface area contributed by atoms with Crippen molar-refractivity contribution in [3.05, 3.63) is 68.7 Å². The summed E-state index contributed by atoms with van der Waals surface area (Å²) in [7, 11) is 0. The molecule has 0 aliphatic rings. The Labute approximate surface area is 126 Å². The zero-order chi connectivity index (χ0) is 14.9. The summed E-state index contributed by atoms with van der Waals surface area (Å²) in [5, 5.41) is 0.453. The van der Waals surface area contributed by atoms with Crippen LogP contribution in [0.4, 0.5) is 13.2 Å². The van der Waals surface area contributed by atoms with Gasteiger partial charge in [0.25, 0.3) is 0 Å². The smallest absolute Gasteiger partial charge is 0.289 e. The molecule has 0 radical (unpaired) electrons. The number of halogens is 5. The molecular formula is C14H7BrClF3O. The van der Waals surface area contributed by atoms with Gasteiger partial charge in [-0.05, 0) is 46.3 Å². The third kappa shape index (κ3) is 3.22. The van der Waals surface area contributed by atoms with E-state index in [0.29, 0.717) is 15.1 Å². The number of benzene rings is 2. The zero-order valence-electron chi connectivity index (χ0n) is 9.84. The van der Waals surface area contributed by atoms with Gasteiger partial charge in [0.2, 0.25) is 0 Å². The van der Waals surface area contributed by atoms with Crippen molar-refractivity contribution in [2.24, 2.45) is 0 Å². The van der Waals surface area contributed by atoms with E-state index in [1.807, 2.05) is 0 Å². The van der Waals surface area contributed by atoms with Crippen LogP contribution in [0.15, 0.2) is 46.9 Å². The van der Waals surface area contributed by atoms with Gasteiger partial charge in [0.15, 0.2) is 5.78 Å². The minimum Gasteiger partial charge on any atom is -0.289 e. The first-order valence-corrected chi connectivity index (χ1v) is 6.63. The van der Waals surface area contributed by atoms with Crippen LogP contribution < -0.4 is 0 Å². The highest BCUT2D eigenvalue weighted by Crippen LogP contribution is 2.30. The standard InChI is InChI=1S/C14H7BrClF3O/c15-11-7-9(3-6-12(11)16)13(20)8-1-4-10(5-2-8)14(17,18)19/h1-7H. The molecular weight excluding hydrogens is 357 g/mol. The summed E-state index contributed by atoms with van der Waals surface area (Å²) in [6, 6.07) is 8.69. The monoisotopic (exact) mass is 362 g/mol. The zero-order valence-corrected chi connectivity index (χ0v) is 12.2. The molecule has 0 atom stereocenters. The third-order valence-electron chi connectivity index (χ3n) is 2.66. The number of carbonyl (C=O) groups is 1. The molecule has 104 valence electrons. The summed E-state index contributed by atoms with van der Waals surface area (Å²) >= 11 is 9.01. The van der Waals surface area contributed by atoms with Crippen LogP contribution in [0.5, 0.6) is 0 Å². The average Bonchev–Trinajstić information content (AvgIpc) is 2.40. The first kappa shape index (κ1) is 15.1. The van der Waals surface area contributed by atoms with Crippen molar-refractivity contribution < 1.29 is 18.0 Å². The van der Waals surface area contributed by atoms with E-state index in [1.165, 1.54) is 12.1 Å². The van der Waals surface area contributed by atoms with Crippen LogP contribution in [0.3, 0.4) is 0 Å². The van der Waals surface area contributed by atoms with Crippen LogP contribution in [0.25, 0.3) is 0 Å². The van der Waals surface area contributed by atoms with Crippen molar-refractivity contribution in [2.75, 3.05) is 0 Å². The molecule has 0 saturated carbocycles. The molecule has 2 rings (SSSR count). The van der Waals surface area contributed by atoms with E-state index >= 15 is 0 Å². The number of carbonyl (C=O) groups excluding carboxylic acids is 1. The number of ketones is 1. The minimum atomic E-state index is -4.41. The van der Waals surface area contributed by atoms with E-state index < -0.39 is 11.7 Å². The molecule has 0 aliphatic carbocycles. The van der Waals surface area contributed by atoms with Crippen molar-refractivity contribution in [1.29, 1.82) is 0 Å². The van der Waals surface area contributed by atoms with Crippen LogP contribution >= 0.6 is 27.5 Å². The van der Waals surface area contributed by atoms with Gasteiger partial charge in [0, 0.05) is 15.6 Å². The fourth-order valence-electron chi connectivity index (χ4n) is 1.61. The summed E-state index contributed by atoms with van der Waals surface area (Å²) in [5.74, 6) is -0.365. The molecule has 0 saturated heterocycles. The van der Waals surface area contributed by atoms with Gasteiger partial charge in [-0.2, -0.15) is 13.2 Å². The second kappa shape index (κ2) is 5.58.